The van der Waals surface area contributed by atoms with Crippen molar-refractivity contribution in [2.24, 2.45) is 0 Å². The van der Waals surface area contributed by atoms with Crippen LogP contribution in [0, 0.1) is 0 Å². The fourth-order valence-corrected chi connectivity index (χ4v) is 2.85. The van der Waals surface area contributed by atoms with Crippen molar-refractivity contribution in [3.8, 4) is 17.2 Å². The lowest BCUT2D eigenvalue weighted by atomic mass is 10.1. The van der Waals surface area contributed by atoms with Crippen molar-refractivity contribution in [2.45, 2.75) is 0 Å². The molecular weight excluding hydrogens is 436 g/mol. The summed E-state index contributed by atoms with van der Waals surface area (Å²) < 4.78 is 0. The van der Waals surface area contributed by atoms with Gasteiger partial charge in [0.25, 0.3) is 11.8 Å². The first-order valence-corrected chi connectivity index (χ1v) is 9.14. The van der Waals surface area contributed by atoms with Gasteiger partial charge in [-0.3, -0.25) is 9.59 Å². The molecule has 0 saturated heterocycles. The Morgan fingerprint density at radius 3 is 1.33 bits per heavy atom. The largest absolute Gasteiger partial charge is 0.508 e. The Morgan fingerprint density at radius 2 is 0.970 bits per heavy atom. The lowest BCUT2D eigenvalue weighted by Crippen LogP contribution is -2.16. The topological polar surface area (TPSA) is 193 Å². The maximum absolute atomic E-state index is 12.6. The van der Waals surface area contributed by atoms with Gasteiger partial charge in [0.15, 0.2) is 0 Å². The lowest BCUT2D eigenvalue weighted by molar-refractivity contribution is 0.0682. The van der Waals surface area contributed by atoms with Gasteiger partial charge in [-0.25, -0.2) is 9.59 Å². The first-order valence-electron chi connectivity index (χ1n) is 9.14. The minimum Gasteiger partial charge on any atom is -0.508 e. The third-order valence-corrected chi connectivity index (χ3v) is 4.41. The molecule has 3 aromatic rings. The molecular formula is C22H16N2O9. The number of aromatic carboxylic acids is 2. The molecule has 0 atom stereocenters. The minimum atomic E-state index is -1.40. The lowest BCUT2D eigenvalue weighted by Gasteiger charge is -2.10. The van der Waals surface area contributed by atoms with Crippen LogP contribution in [-0.4, -0.2) is 49.3 Å². The van der Waals surface area contributed by atoms with Gasteiger partial charge in [-0.2, -0.15) is 0 Å². The molecule has 0 aromatic heterocycles. The Bertz CT molecular complexity index is 1210. The van der Waals surface area contributed by atoms with Gasteiger partial charge in [-0.15, -0.1) is 0 Å². The fourth-order valence-electron chi connectivity index (χ4n) is 2.85. The molecule has 0 saturated carbocycles. The van der Waals surface area contributed by atoms with Crippen LogP contribution < -0.4 is 10.6 Å². The van der Waals surface area contributed by atoms with Crippen LogP contribution in [0.15, 0.2) is 54.6 Å². The van der Waals surface area contributed by atoms with Crippen molar-refractivity contribution in [2.75, 3.05) is 10.6 Å². The number of rotatable bonds is 6. The molecule has 0 aliphatic heterocycles. The molecule has 33 heavy (non-hydrogen) atoms. The third kappa shape index (κ3) is 5.17. The highest BCUT2D eigenvalue weighted by atomic mass is 16.4. The highest BCUT2D eigenvalue weighted by Gasteiger charge is 2.17. The van der Waals surface area contributed by atoms with Crippen molar-refractivity contribution in [3.05, 3.63) is 76.9 Å². The number of carbonyl (C=O) groups is 4. The zero-order valence-electron chi connectivity index (χ0n) is 16.6. The van der Waals surface area contributed by atoms with Crippen LogP contribution in [-0.2, 0) is 0 Å². The van der Waals surface area contributed by atoms with Crippen molar-refractivity contribution < 1.29 is 44.7 Å². The van der Waals surface area contributed by atoms with E-state index in [1.54, 1.807) is 0 Å². The molecule has 0 spiro atoms. The number of carbonyl (C=O) groups excluding carboxylic acids is 2. The summed E-state index contributed by atoms with van der Waals surface area (Å²) in [6.07, 6.45) is 0. The standard InChI is InChI=1S/C22H16N2O9/c25-14-6-10(19(28)23-12-1-3-17(26)15(8-12)21(30)31)5-11(7-14)20(29)24-13-2-4-18(27)16(9-13)22(32)33/h1-9,25-27H,(H,23,28)(H,24,29)(H,30,31)(H,32,33). The molecule has 11 heteroatoms. The van der Waals surface area contributed by atoms with E-state index in [1.807, 2.05) is 0 Å². The fraction of sp³-hybridized carbons (Fsp3) is 0. The van der Waals surface area contributed by atoms with Gasteiger partial charge in [0.2, 0.25) is 0 Å². The monoisotopic (exact) mass is 452 g/mol. The average Bonchev–Trinajstić information content (AvgIpc) is 2.75. The highest BCUT2D eigenvalue weighted by molar-refractivity contribution is 6.09. The van der Waals surface area contributed by atoms with Crippen LogP contribution in [0.3, 0.4) is 0 Å². The number of amides is 2. The Morgan fingerprint density at radius 1 is 0.576 bits per heavy atom. The summed E-state index contributed by atoms with van der Waals surface area (Å²) in [6, 6.07) is 10.1. The zero-order valence-corrected chi connectivity index (χ0v) is 16.6. The van der Waals surface area contributed by atoms with Gasteiger partial charge < -0.3 is 36.2 Å². The van der Waals surface area contributed by atoms with Crippen LogP contribution in [0.1, 0.15) is 41.4 Å². The summed E-state index contributed by atoms with van der Waals surface area (Å²) in [6.45, 7) is 0. The predicted molar refractivity (Wildman–Crippen MR) is 114 cm³/mol. The number of nitrogens with one attached hydrogen (secondary N) is 2. The van der Waals surface area contributed by atoms with Gasteiger partial charge in [0, 0.05) is 22.5 Å². The maximum atomic E-state index is 12.6. The van der Waals surface area contributed by atoms with E-state index in [2.05, 4.69) is 10.6 Å². The number of hydrogen-bond acceptors (Lipinski definition) is 7. The van der Waals surface area contributed by atoms with Crippen molar-refractivity contribution >= 4 is 35.1 Å². The van der Waals surface area contributed by atoms with E-state index >= 15 is 0 Å². The van der Waals surface area contributed by atoms with Crippen LogP contribution in [0.5, 0.6) is 17.2 Å². The van der Waals surface area contributed by atoms with E-state index in [0.717, 1.165) is 42.5 Å². The summed E-state index contributed by atoms with van der Waals surface area (Å²) in [5, 5.41) is 52.0. The van der Waals surface area contributed by atoms with E-state index in [9.17, 15) is 34.5 Å². The van der Waals surface area contributed by atoms with E-state index in [4.69, 9.17) is 10.2 Å². The zero-order chi connectivity index (χ0) is 24.3. The van der Waals surface area contributed by atoms with Crippen molar-refractivity contribution in [1.82, 2.24) is 0 Å². The van der Waals surface area contributed by atoms with Gasteiger partial charge in [0.05, 0.1) is 0 Å². The molecule has 0 heterocycles. The smallest absolute Gasteiger partial charge is 0.339 e. The number of phenolic OH excluding ortho intramolecular Hbond substituents is 1. The van der Waals surface area contributed by atoms with E-state index < -0.39 is 52.1 Å². The molecule has 0 radical (unpaired) electrons. The second-order valence-electron chi connectivity index (χ2n) is 6.75. The first kappa shape index (κ1) is 22.6. The SMILES string of the molecule is O=C(Nc1ccc(O)c(C(=O)O)c1)c1cc(O)cc(C(=O)Nc2ccc(O)c(C(=O)O)c2)c1. The normalized spacial score (nSPS) is 10.3. The molecule has 11 nitrogen and oxygen atoms in total. The third-order valence-electron chi connectivity index (χ3n) is 4.41. The van der Waals surface area contributed by atoms with Crippen molar-refractivity contribution in [1.29, 1.82) is 0 Å². The number of aromatic hydroxyl groups is 3. The Hall–Kier alpha value is -5.06. The molecule has 0 fully saturated rings. The molecule has 0 unspecified atom stereocenters. The van der Waals surface area contributed by atoms with Crippen LogP contribution in [0.2, 0.25) is 0 Å². The molecule has 168 valence electrons. The summed E-state index contributed by atoms with van der Waals surface area (Å²) in [5.41, 5.74) is -1.04. The Labute approximate surface area is 185 Å². The van der Waals surface area contributed by atoms with Gasteiger partial charge in [0.1, 0.15) is 28.4 Å². The predicted octanol–water partition coefficient (Wildman–Crippen LogP) is 2.70. The van der Waals surface area contributed by atoms with Gasteiger partial charge in [-0.05, 0) is 54.6 Å². The maximum Gasteiger partial charge on any atom is 0.339 e. The van der Waals surface area contributed by atoms with E-state index in [0.29, 0.717) is 0 Å². The molecule has 0 aliphatic carbocycles. The van der Waals surface area contributed by atoms with Crippen molar-refractivity contribution in [3.63, 3.8) is 0 Å². The quantitative estimate of drug-likeness (QED) is 0.275. The second-order valence-corrected chi connectivity index (χ2v) is 6.75. The minimum absolute atomic E-state index is 0.0508. The summed E-state index contributed by atoms with van der Waals surface area (Å²) in [5.74, 6) is -5.75. The molecule has 2 amide bonds. The molecule has 3 aromatic carbocycles. The highest BCUT2D eigenvalue weighted by Crippen LogP contribution is 2.24. The van der Waals surface area contributed by atoms with Gasteiger partial charge >= 0.3 is 11.9 Å². The average molecular weight is 452 g/mol. The van der Waals surface area contributed by atoms with Crippen LogP contribution in [0.4, 0.5) is 11.4 Å². The molecule has 0 bridgehead atoms. The summed E-state index contributed by atoms with van der Waals surface area (Å²) in [4.78, 5) is 47.4. The number of carboxylic acid groups (broad SMARTS) is 2. The van der Waals surface area contributed by atoms with Gasteiger partial charge in [-0.1, -0.05) is 0 Å². The number of hydrogen-bond donors (Lipinski definition) is 7. The first-order chi connectivity index (χ1) is 15.5. The second kappa shape index (κ2) is 8.98. The molecule has 3 rings (SSSR count). The number of anilines is 2. The number of phenols is 3. The number of carboxylic acids is 2. The summed E-state index contributed by atoms with van der Waals surface area (Å²) in [7, 11) is 0. The molecule has 0 aliphatic rings. The summed E-state index contributed by atoms with van der Waals surface area (Å²) >= 11 is 0. The van der Waals surface area contributed by atoms with E-state index in [-0.39, 0.29) is 22.5 Å². The van der Waals surface area contributed by atoms with E-state index in [1.165, 1.54) is 12.1 Å². The Balaban J connectivity index is 1.83. The number of benzene rings is 3. The Kier molecular flexibility index (Phi) is 6.15. The molecule has 7 N–H and O–H groups in total. The van der Waals surface area contributed by atoms with Crippen LogP contribution >= 0.6 is 0 Å². The van der Waals surface area contributed by atoms with Crippen LogP contribution in [0.25, 0.3) is 0 Å².